The van der Waals surface area contributed by atoms with Crippen LogP contribution in [0.3, 0.4) is 0 Å². The number of hydrogen-bond donors (Lipinski definition) is 7. The third-order valence-electron chi connectivity index (χ3n) is 5.49. The molecule has 13 heteroatoms. The van der Waals surface area contributed by atoms with Gasteiger partial charge in [0, 0.05) is 6.42 Å². The van der Waals surface area contributed by atoms with Crippen LogP contribution >= 0.6 is 11.8 Å². The van der Waals surface area contributed by atoms with Gasteiger partial charge >= 0.3 is 5.97 Å². The molecule has 0 aliphatic carbocycles. The third kappa shape index (κ3) is 12.6. The van der Waals surface area contributed by atoms with Gasteiger partial charge in [0.15, 0.2) is 0 Å². The summed E-state index contributed by atoms with van der Waals surface area (Å²) in [6.07, 6.45) is 2.96. The second kappa shape index (κ2) is 17.3. The monoisotopic (exact) mass is 538 g/mol. The fraction of sp³-hybridized carbons (Fsp3) is 0.542. The molecule has 4 amide bonds. The fourth-order valence-electron chi connectivity index (χ4n) is 3.42. The second-order valence-electron chi connectivity index (χ2n) is 8.55. The predicted molar refractivity (Wildman–Crippen MR) is 141 cm³/mol. The maximum absolute atomic E-state index is 13.0. The molecule has 1 aromatic carbocycles. The number of thioether (sulfide) groups is 1. The number of carboxylic acids is 1. The van der Waals surface area contributed by atoms with Crippen LogP contribution in [0.5, 0.6) is 0 Å². The van der Waals surface area contributed by atoms with Crippen LogP contribution in [0.15, 0.2) is 30.3 Å². The van der Waals surface area contributed by atoms with E-state index in [1.165, 1.54) is 11.8 Å². The normalized spacial score (nSPS) is 14.0. The molecule has 10 N–H and O–H groups in total. The van der Waals surface area contributed by atoms with Gasteiger partial charge in [-0.1, -0.05) is 30.3 Å². The van der Waals surface area contributed by atoms with Crippen molar-refractivity contribution in [1.82, 2.24) is 16.0 Å². The van der Waals surface area contributed by atoms with Crippen molar-refractivity contribution in [1.29, 1.82) is 0 Å². The summed E-state index contributed by atoms with van der Waals surface area (Å²) in [5.41, 5.74) is 17.4. The average molecular weight is 539 g/mol. The summed E-state index contributed by atoms with van der Waals surface area (Å²) in [4.78, 5) is 61.9. The summed E-state index contributed by atoms with van der Waals surface area (Å²) >= 11 is 1.50. The molecule has 4 unspecified atom stereocenters. The fourth-order valence-corrected chi connectivity index (χ4v) is 3.91. The molecular formula is C24H38N6O6S. The SMILES string of the molecule is CSCCC(N)C(=O)NC(CC(N)=O)C(=O)NC(CCCCN)C(=O)NC(Cc1ccccc1)C(=O)O. The number of carbonyl (C=O) groups excluding carboxylic acids is 4. The first-order valence-electron chi connectivity index (χ1n) is 12.0. The van der Waals surface area contributed by atoms with Gasteiger partial charge in [0.2, 0.25) is 23.6 Å². The molecule has 0 aromatic heterocycles. The molecule has 1 rings (SSSR count). The number of aliphatic carboxylic acids is 1. The zero-order valence-electron chi connectivity index (χ0n) is 21.0. The van der Waals surface area contributed by atoms with E-state index >= 15 is 0 Å². The van der Waals surface area contributed by atoms with E-state index in [0.717, 1.165) is 0 Å². The number of rotatable bonds is 18. The number of hydrogen-bond acceptors (Lipinski definition) is 8. The topological polar surface area (TPSA) is 220 Å². The lowest BCUT2D eigenvalue weighted by Gasteiger charge is -2.25. The number of benzene rings is 1. The van der Waals surface area contributed by atoms with Crippen molar-refractivity contribution in [3.63, 3.8) is 0 Å². The van der Waals surface area contributed by atoms with Gasteiger partial charge in [-0.05, 0) is 49.8 Å². The van der Waals surface area contributed by atoms with Crippen molar-refractivity contribution in [3.8, 4) is 0 Å². The van der Waals surface area contributed by atoms with Crippen molar-refractivity contribution in [2.24, 2.45) is 17.2 Å². The molecule has 0 saturated carbocycles. The van der Waals surface area contributed by atoms with Crippen molar-refractivity contribution in [2.45, 2.75) is 62.7 Å². The molecule has 0 radical (unpaired) electrons. The van der Waals surface area contributed by atoms with E-state index in [-0.39, 0.29) is 12.8 Å². The van der Waals surface area contributed by atoms with Crippen molar-refractivity contribution in [3.05, 3.63) is 35.9 Å². The molecule has 0 heterocycles. The van der Waals surface area contributed by atoms with Gasteiger partial charge in [-0.2, -0.15) is 11.8 Å². The lowest BCUT2D eigenvalue weighted by molar-refractivity contribution is -0.142. The molecule has 1 aromatic rings. The van der Waals surface area contributed by atoms with Crippen molar-refractivity contribution >= 4 is 41.4 Å². The Balaban J connectivity index is 2.99. The number of unbranched alkanes of at least 4 members (excludes halogenated alkanes) is 1. The molecule has 4 atom stereocenters. The highest BCUT2D eigenvalue weighted by Gasteiger charge is 2.31. The van der Waals surface area contributed by atoms with Crippen LogP contribution < -0.4 is 33.2 Å². The van der Waals surface area contributed by atoms with Crippen LogP contribution in [0.1, 0.15) is 37.7 Å². The summed E-state index contributed by atoms with van der Waals surface area (Å²) in [7, 11) is 0. The van der Waals surface area contributed by atoms with Gasteiger partial charge in [-0.25, -0.2) is 4.79 Å². The average Bonchev–Trinajstić information content (AvgIpc) is 2.85. The molecule has 0 fully saturated rings. The minimum atomic E-state index is -1.35. The maximum Gasteiger partial charge on any atom is 0.326 e. The Hall–Kier alpha value is -3.16. The smallest absolute Gasteiger partial charge is 0.326 e. The highest BCUT2D eigenvalue weighted by atomic mass is 32.2. The number of primary amides is 1. The molecule has 206 valence electrons. The van der Waals surface area contributed by atoms with E-state index in [0.29, 0.717) is 37.1 Å². The van der Waals surface area contributed by atoms with Crippen molar-refractivity contribution < 1.29 is 29.1 Å². The molecule has 0 aliphatic heterocycles. The zero-order valence-corrected chi connectivity index (χ0v) is 21.8. The largest absolute Gasteiger partial charge is 0.480 e. The molecule has 0 spiro atoms. The third-order valence-corrected chi connectivity index (χ3v) is 6.13. The van der Waals surface area contributed by atoms with Crippen LogP contribution in [-0.2, 0) is 30.4 Å². The molecule has 0 bridgehead atoms. The summed E-state index contributed by atoms with van der Waals surface area (Å²) in [6, 6.07) is 4.17. The quantitative estimate of drug-likeness (QED) is 0.112. The summed E-state index contributed by atoms with van der Waals surface area (Å²) < 4.78 is 0. The Labute approximate surface area is 220 Å². The van der Waals surface area contributed by atoms with Crippen LogP contribution in [0.2, 0.25) is 0 Å². The first-order valence-corrected chi connectivity index (χ1v) is 13.4. The van der Waals surface area contributed by atoms with E-state index in [2.05, 4.69) is 16.0 Å². The first kappa shape index (κ1) is 31.9. The first-order chi connectivity index (χ1) is 17.6. The van der Waals surface area contributed by atoms with Crippen LogP contribution in [0.4, 0.5) is 0 Å². The summed E-state index contributed by atoms with van der Waals surface area (Å²) in [5, 5.41) is 17.1. The number of carbonyl (C=O) groups is 5. The van der Waals surface area contributed by atoms with Crippen LogP contribution in [0.25, 0.3) is 0 Å². The van der Waals surface area contributed by atoms with Gasteiger partial charge < -0.3 is 38.3 Å². The summed E-state index contributed by atoms with van der Waals surface area (Å²) in [5.74, 6) is -3.60. The van der Waals surface area contributed by atoms with Gasteiger partial charge in [0.05, 0.1) is 12.5 Å². The van der Waals surface area contributed by atoms with Crippen LogP contribution in [0, 0.1) is 0 Å². The van der Waals surface area contributed by atoms with E-state index in [1.807, 2.05) is 6.26 Å². The van der Waals surface area contributed by atoms with E-state index in [4.69, 9.17) is 17.2 Å². The highest BCUT2D eigenvalue weighted by Crippen LogP contribution is 2.07. The molecule has 12 nitrogen and oxygen atoms in total. The Morgan fingerprint density at radius 2 is 1.49 bits per heavy atom. The van der Waals surface area contributed by atoms with Gasteiger partial charge in [-0.15, -0.1) is 0 Å². The Bertz CT molecular complexity index is 903. The maximum atomic E-state index is 13.0. The van der Waals surface area contributed by atoms with E-state index < -0.39 is 60.2 Å². The molecule has 0 saturated heterocycles. The van der Waals surface area contributed by atoms with Crippen LogP contribution in [-0.4, -0.2) is 77.4 Å². The molecule has 37 heavy (non-hydrogen) atoms. The zero-order chi connectivity index (χ0) is 27.8. The molecular weight excluding hydrogens is 500 g/mol. The number of amides is 4. The Morgan fingerprint density at radius 3 is 2.05 bits per heavy atom. The minimum Gasteiger partial charge on any atom is -0.480 e. The van der Waals surface area contributed by atoms with E-state index in [9.17, 15) is 29.1 Å². The summed E-state index contributed by atoms with van der Waals surface area (Å²) in [6.45, 7) is 0.363. The number of carboxylic acid groups (broad SMARTS) is 1. The lowest BCUT2D eigenvalue weighted by atomic mass is 10.0. The second-order valence-corrected chi connectivity index (χ2v) is 9.54. The lowest BCUT2D eigenvalue weighted by Crippen LogP contribution is -2.58. The van der Waals surface area contributed by atoms with Crippen molar-refractivity contribution in [2.75, 3.05) is 18.6 Å². The number of nitrogens with one attached hydrogen (secondary N) is 3. The Kier molecular flexibility index (Phi) is 14.9. The van der Waals surface area contributed by atoms with Gasteiger partial charge in [0.1, 0.15) is 18.1 Å². The standard InChI is InChI=1S/C24H38N6O6S/c1-37-12-10-16(26)21(32)29-18(14-20(27)31)23(34)28-17(9-5-6-11-25)22(33)30-19(24(35)36)13-15-7-3-2-4-8-15/h2-4,7-8,16-19H,5-6,9-14,25-26H2,1H3,(H2,27,31)(H,28,34)(H,29,32)(H,30,33)(H,35,36). The van der Waals surface area contributed by atoms with Gasteiger partial charge in [0.25, 0.3) is 0 Å². The van der Waals surface area contributed by atoms with E-state index in [1.54, 1.807) is 30.3 Å². The Morgan fingerprint density at radius 1 is 0.892 bits per heavy atom. The number of nitrogens with two attached hydrogens (primary N) is 3. The predicted octanol–water partition coefficient (Wildman–Crippen LogP) is -1.15. The minimum absolute atomic E-state index is 0.0413. The highest BCUT2D eigenvalue weighted by molar-refractivity contribution is 7.98. The van der Waals surface area contributed by atoms with Gasteiger partial charge in [-0.3, -0.25) is 19.2 Å². The molecule has 0 aliphatic rings.